The first-order valence-corrected chi connectivity index (χ1v) is 5.27. The second kappa shape index (κ2) is 5.25. The van der Waals surface area contributed by atoms with Crippen LogP contribution >= 0.6 is 0 Å². The van der Waals surface area contributed by atoms with Crippen molar-refractivity contribution in [1.29, 1.82) is 0 Å². The highest BCUT2D eigenvalue weighted by molar-refractivity contribution is 6.06. The summed E-state index contributed by atoms with van der Waals surface area (Å²) in [5.74, 6) is 0.437. The highest BCUT2D eigenvalue weighted by Gasteiger charge is 2.17. The summed E-state index contributed by atoms with van der Waals surface area (Å²) in [5, 5.41) is 9.34. The predicted molar refractivity (Wildman–Crippen MR) is 66.2 cm³/mol. The Morgan fingerprint density at radius 2 is 2.11 bits per heavy atom. The Kier molecular flexibility index (Phi) is 3.51. The van der Waals surface area contributed by atoms with Crippen molar-refractivity contribution in [3.05, 3.63) is 23.9 Å². The largest absolute Gasteiger partial charge is 0.497 e. The normalized spacial score (nSPS) is 10.0. The molecule has 100 valence electrons. The highest BCUT2D eigenvalue weighted by Crippen LogP contribution is 2.29. The third-order valence-corrected chi connectivity index (χ3v) is 2.39. The number of aromatic nitrogens is 2. The molecule has 0 spiro atoms. The Bertz CT molecular complexity index is 596. The van der Waals surface area contributed by atoms with Gasteiger partial charge in [-0.2, -0.15) is 0 Å². The maximum atomic E-state index is 11.9. The molecule has 19 heavy (non-hydrogen) atoms. The molecular weight excluding hydrogens is 252 g/mol. The van der Waals surface area contributed by atoms with E-state index in [1.165, 1.54) is 14.2 Å². The van der Waals surface area contributed by atoms with E-state index in [4.69, 9.17) is 15.2 Å². The highest BCUT2D eigenvalue weighted by atomic mass is 16.6. The molecule has 1 heterocycles. The van der Waals surface area contributed by atoms with Crippen molar-refractivity contribution in [2.24, 2.45) is 0 Å². The second-order valence-corrected chi connectivity index (χ2v) is 3.52. The molecule has 0 saturated carbocycles. The van der Waals surface area contributed by atoms with Gasteiger partial charge in [-0.1, -0.05) is 0 Å². The Labute approximate surface area is 108 Å². The van der Waals surface area contributed by atoms with Crippen LogP contribution in [0.1, 0.15) is 10.5 Å². The summed E-state index contributed by atoms with van der Waals surface area (Å²) in [6, 6.07) is 4.96. The van der Waals surface area contributed by atoms with E-state index in [9.17, 15) is 4.79 Å². The summed E-state index contributed by atoms with van der Waals surface area (Å²) >= 11 is 0. The number of carbonyl (C=O) groups excluding carboxylic acids is 1. The molecule has 0 bridgehead atoms. The molecule has 2 aromatic rings. The summed E-state index contributed by atoms with van der Waals surface area (Å²) in [6.45, 7) is 0. The van der Waals surface area contributed by atoms with Crippen LogP contribution in [-0.2, 0) is 0 Å². The van der Waals surface area contributed by atoms with Gasteiger partial charge in [0.05, 0.1) is 19.9 Å². The molecule has 1 aromatic heterocycles. The minimum atomic E-state index is -0.540. The molecule has 2 rings (SSSR count). The molecule has 0 aliphatic carbocycles. The third-order valence-electron chi connectivity index (χ3n) is 2.39. The van der Waals surface area contributed by atoms with Crippen LogP contribution < -0.4 is 20.5 Å². The van der Waals surface area contributed by atoms with Crippen molar-refractivity contribution in [3.8, 4) is 11.5 Å². The number of benzene rings is 1. The fourth-order valence-corrected chi connectivity index (χ4v) is 1.44. The molecule has 1 amide bonds. The van der Waals surface area contributed by atoms with Gasteiger partial charge in [-0.25, -0.2) is 4.63 Å². The average Bonchev–Trinajstić information content (AvgIpc) is 2.85. The number of hydrogen-bond donors (Lipinski definition) is 2. The number of methoxy groups -OCH3 is 2. The van der Waals surface area contributed by atoms with Crippen LogP contribution in [0.2, 0.25) is 0 Å². The fraction of sp³-hybridized carbons (Fsp3) is 0.182. The minimum absolute atomic E-state index is 0.0787. The topological polar surface area (TPSA) is 112 Å². The molecule has 0 radical (unpaired) electrons. The van der Waals surface area contributed by atoms with Crippen LogP contribution in [0, 0.1) is 0 Å². The van der Waals surface area contributed by atoms with Gasteiger partial charge in [-0.05, 0) is 22.4 Å². The first-order valence-electron chi connectivity index (χ1n) is 5.27. The van der Waals surface area contributed by atoms with Crippen LogP contribution in [0.4, 0.5) is 11.5 Å². The van der Waals surface area contributed by atoms with Crippen LogP contribution in [-0.4, -0.2) is 30.4 Å². The van der Waals surface area contributed by atoms with Gasteiger partial charge < -0.3 is 20.5 Å². The Hall–Kier alpha value is -2.77. The van der Waals surface area contributed by atoms with Crippen molar-refractivity contribution in [1.82, 2.24) is 10.3 Å². The van der Waals surface area contributed by atoms with Crippen LogP contribution in [0.5, 0.6) is 11.5 Å². The van der Waals surface area contributed by atoms with E-state index in [0.717, 1.165) is 0 Å². The van der Waals surface area contributed by atoms with Crippen molar-refractivity contribution in [2.45, 2.75) is 0 Å². The van der Waals surface area contributed by atoms with E-state index < -0.39 is 5.91 Å². The van der Waals surface area contributed by atoms with Gasteiger partial charge in [0.15, 0.2) is 0 Å². The first kappa shape index (κ1) is 12.7. The summed E-state index contributed by atoms with van der Waals surface area (Å²) in [4.78, 5) is 11.9. The number of carbonyl (C=O) groups is 1. The molecule has 0 saturated heterocycles. The molecule has 0 aliphatic heterocycles. The smallest absolute Gasteiger partial charge is 0.281 e. The minimum Gasteiger partial charge on any atom is -0.497 e. The van der Waals surface area contributed by atoms with Crippen molar-refractivity contribution < 1.29 is 18.9 Å². The number of nitrogens with one attached hydrogen (secondary N) is 1. The van der Waals surface area contributed by atoms with Crippen molar-refractivity contribution >= 4 is 17.4 Å². The number of rotatable bonds is 4. The maximum Gasteiger partial charge on any atom is 0.281 e. The van der Waals surface area contributed by atoms with Gasteiger partial charge in [0, 0.05) is 6.07 Å². The lowest BCUT2D eigenvalue weighted by Crippen LogP contribution is -2.14. The summed E-state index contributed by atoms with van der Waals surface area (Å²) in [7, 11) is 3.02. The third kappa shape index (κ3) is 2.57. The predicted octanol–water partition coefficient (Wildman–Crippen LogP) is 0.921. The number of ether oxygens (including phenoxy) is 2. The quantitative estimate of drug-likeness (QED) is 0.844. The zero-order chi connectivity index (χ0) is 13.8. The number of nitrogens with zero attached hydrogens (tertiary/aromatic N) is 2. The molecule has 1 aromatic carbocycles. The van der Waals surface area contributed by atoms with Crippen LogP contribution in [0.25, 0.3) is 0 Å². The molecule has 0 atom stereocenters. The van der Waals surface area contributed by atoms with Crippen molar-refractivity contribution in [3.63, 3.8) is 0 Å². The lowest BCUT2D eigenvalue weighted by Gasteiger charge is -2.10. The molecule has 0 unspecified atom stereocenters. The number of anilines is 2. The van der Waals surface area contributed by atoms with Gasteiger partial charge in [0.2, 0.25) is 11.5 Å². The Balaban J connectivity index is 2.24. The molecule has 3 N–H and O–H groups in total. The summed E-state index contributed by atoms with van der Waals surface area (Å²) in [5.41, 5.74) is 5.80. The zero-order valence-electron chi connectivity index (χ0n) is 10.3. The van der Waals surface area contributed by atoms with Crippen molar-refractivity contribution in [2.75, 3.05) is 25.3 Å². The number of nitrogen functional groups attached to an aromatic ring is 1. The average molecular weight is 264 g/mol. The van der Waals surface area contributed by atoms with E-state index in [1.54, 1.807) is 18.2 Å². The lowest BCUT2D eigenvalue weighted by molar-refractivity contribution is 0.101. The molecule has 0 aliphatic rings. The molecule has 0 fully saturated rings. The monoisotopic (exact) mass is 264 g/mol. The summed E-state index contributed by atoms with van der Waals surface area (Å²) < 4.78 is 14.6. The number of nitrogens with two attached hydrogens (primary N) is 1. The molecule has 8 nitrogen and oxygen atoms in total. The Morgan fingerprint density at radius 3 is 2.68 bits per heavy atom. The van der Waals surface area contributed by atoms with Gasteiger partial charge in [0.1, 0.15) is 11.5 Å². The summed E-state index contributed by atoms with van der Waals surface area (Å²) in [6.07, 6.45) is 0. The van der Waals surface area contributed by atoms with Gasteiger partial charge in [-0.15, -0.1) is 0 Å². The van der Waals surface area contributed by atoms with Gasteiger partial charge >= 0.3 is 0 Å². The SMILES string of the molecule is COc1ccc(NC(=O)c2nonc2N)c(OC)c1. The van der Waals surface area contributed by atoms with Crippen LogP contribution in [0.3, 0.4) is 0 Å². The first-order chi connectivity index (χ1) is 9.15. The maximum absolute atomic E-state index is 11.9. The molecular formula is C11H12N4O4. The van der Waals surface area contributed by atoms with E-state index in [-0.39, 0.29) is 11.5 Å². The van der Waals surface area contributed by atoms with E-state index >= 15 is 0 Å². The number of amides is 1. The zero-order valence-corrected chi connectivity index (χ0v) is 10.3. The van der Waals surface area contributed by atoms with E-state index in [0.29, 0.717) is 17.2 Å². The van der Waals surface area contributed by atoms with E-state index in [2.05, 4.69) is 20.3 Å². The fourth-order valence-electron chi connectivity index (χ4n) is 1.44. The second-order valence-electron chi connectivity index (χ2n) is 3.52. The lowest BCUT2D eigenvalue weighted by atomic mass is 10.2. The standard InChI is InChI=1S/C11H12N4O4/c1-17-6-3-4-7(8(5-6)18-2)13-11(16)9-10(12)15-19-14-9/h3-5H,1-2H3,(H2,12,15)(H,13,16). The van der Waals surface area contributed by atoms with Gasteiger partial charge in [0.25, 0.3) is 5.91 Å². The van der Waals surface area contributed by atoms with Crippen LogP contribution in [0.15, 0.2) is 22.8 Å². The Morgan fingerprint density at radius 1 is 1.32 bits per heavy atom. The van der Waals surface area contributed by atoms with Gasteiger partial charge in [-0.3, -0.25) is 4.79 Å². The van der Waals surface area contributed by atoms with E-state index in [1.807, 2.05) is 0 Å². The molecule has 8 heteroatoms. The number of hydrogen-bond acceptors (Lipinski definition) is 7.